The zero-order chi connectivity index (χ0) is 23.9. The Morgan fingerprint density at radius 1 is 0.971 bits per heavy atom. The van der Waals surface area contributed by atoms with E-state index in [-0.39, 0.29) is 18.0 Å². The lowest BCUT2D eigenvalue weighted by molar-refractivity contribution is -0.385. The topological polar surface area (TPSA) is 103 Å². The lowest BCUT2D eigenvalue weighted by Gasteiger charge is -2.09. The first-order chi connectivity index (χ1) is 16.5. The SMILES string of the molecule is COc1cc2ccccc2cc1C(=O)NN=Cc1ccc(OCc2ccccc2)c([N+](=O)[O-])c1. The maximum Gasteiger partial charge on any atom is 0.311 e. The van der Waals surface area contributed by atoms with Crippen LogP contribution in [0.3, 0.4) is 0 Å². The van der Waals surface area contributed by atoms with E-state index in [2.05, 4.69) is 10.5 Å². The van der Waals surface area contributed by atoms with Crippen LogP contribution >= 0.6 is 0 Å². The molecule has 0 heterocycles. The quantitative estimate of drug-likeness (QED) is 0.226. The molecule has 0 atom stereocenters. The molecular formula is C26H21N3O5. The summed E-state index contributed by atoms with van der Waals surface area (Å²) in [6.45, 7) is 0.207. The number of nitro groups is 1. The summed E-state index contributed by atoms with van der Waals surface area (Å²) in [4.78, 5) is 23.7. The summed E-state index contributed by atoms with van der Waals surface area (Å²) >= 11 is 0. The van der Waals surface area contributed by atoms with E-state index in [1.54, 1.807) is 18.2 Å². The van der Waals surface area contributed by atoms with E-state index < -0.39 is 10.8 Å². The molecule has 4 aromatic carbocycles. The standard InChI is InChI=1S/C26H21N3O5/c1-33-25-15-21-10-6-5-9-20(21)14-22(25)26(30)28-27-16-19-11-12-24(23(13-19)29(31)32)34-17-18-7-3-2-4-8-18/h2-16H,17H2,1H3,(H,28,30). The van der Waals surface area contributed by atoms with E-state index in [1.165, 1.54) is 25.5 Å². The number of nitrogens with one attached hydrogen (secondary N) is 1. The molecule has 0 fully saturated rings. The van der Waals surface area contributed by atoms with E-state index in [0.717, 1.165) is 16.3 Å². The molecule has 0 bridgehead atoms. The number of hydrogen-bond acceptors (Lipinski definition) is 6. The second-order valence-corrected chi connectivity index (χ2v) is 7.36. The Morgan fingerprint density at radius 3 is 2.38 bits per heavy atom. The number of rotatable bonds is 8. The summed E-state index contributed by atoms with van der Waals surface area (Å²) in [7, 11) is 1.49. The largest absolute Gasteiger partial charge is 0.496 e. The Bertz CT molecular complexity index is 1370. The Kier molecular flexibility index (Phi) is 6.78. The fraction of sp³-hybridized carbons (Fsp3) is 0.0769. The van der Waals surface area contributed by atoms with Crippen LogP contribution in [0.15, 0.2) is 90.0 Å². The second-order valence-electron chi connectivity index (χ2n) is 7.36. The van der Waals surface area contributed by atoms with E-state index >= 15 is 0 Å². The van der Waals surface area contributed by atoms with Crippen LogP contribution < -0.4 is 14.9 Å². The van der Waals surface area contributed by atoms with Crippen molar-refractivity contribution < 1.29 is 19.2 Å². The Labute approximate surface area is 195 Å². The molecule has 34 heavy (non-hydrogen) atoms. The minimum atomic E-state index is -0.518. The van der Waals surface area contributed by atoms with Gasteiger partial charge in [0.05, 0.1) is 23.8 Å². The number of amides is 1. The molecule has 4 rings (SSSR count). The minimum Gasteiger partial charge on any atom is -0.496 e. The molecule has 1 N–H and O–H groups in total. The molecular weight excluding hydrogens is 434 g/mol. The van der Waals surface area contributed by atoms with Crippen molar-refractivity contribution in [1.82, 2.24) is 5.43 Å². The summed E-state index contributed by atoms with van der Waals surface area (Å²) in [5.74, 6) is 0.106. The van der Waals surface area contributed by atoms with Gasteiger partial charge >= 0.3 is 5.69 Å². The third-order valence-corrected chi connectivity index (χ3v) is 5.11. The van der Waals surface area contributed by atoms with Gasteiger partial charge in [-0.05, 0) is 40.6 Å². The van der Waals surface area contributed by atoms with E-state index in [4.69, 9.17) is 9.47 Å². The first-order valence-corrected chi connectivity index (χ1v) is 10.4. The van der Waals surface area contributed by atoms with Gasteiger partial charge in [-0.25, -0.2) is 5.43 Å². The van der Waals surface area contributed by atoms with Crippen molar-refractivity contribution in [3.8, 4) is 11.5 Å². The zero-order valence-electron chi connectivity index (χ0n) is 18.3. The molecule has 0 aliphatic rings. The molecule has 0 radical (unpaired) electrons. The lowest BCUT2D eigenvalue weighted by Crippen LogP contribution is -2.18. The van der Waals surface area contributed by atoms with Gasteiger partial charge in [-0.3, -0.25) is 14.9 Å². The number of ether oxygens (including phenoxy) is 2. The number of carbonyl (C=O) groups is 1. The molecule has 170 valence electrons. The maximum absolute atomic E-state index is 12.7. The summed E-state index contributed by atoms with van der Waals surface area (Å²) in [5.41, 5.74) is 3.91. The first-order valence-electron chi connectivity index (χ1n) is 10.4. The van der Waals surface area contributed by atoms with Crippen molar-refractivity contribution >= 4 is 28.6 Å². The average Bonchev–Trinajstić information content (AvgIpc) is 2.87. The molecule has 0 aliphatic carbocycles. The molecule has 0 saturated heterocycles. The number of fused-ring (bicyclic) bond motifs is 1. The van der Waals surface area contributed by atoms with Crippen LogP contribution in [0.2, 0.25) is 0 Å². The third-order valence-electron chi connectivity index (χ3n) is 5.11. The number of methoxy groups -OCH3 is 1. The monoisotopic (exact) mass is 455 g/mol. The number of nitrogens with zero attached hydrogens (tertiary/aromatic N) is 2. The highest BCUT2D eigenvalue weighted by Gasteiger charge is 2.16. The van der Waals surface area contributed by atoms with Gasteiger partial charge in [0.1, 0.15) is 12.4 Å². The first kappa shape index (κ1) is 22.5. The van der Waals surface area contributed by atoms with Gasteiger partial charge in [0.15, 0.2) is 5.75 Å². The van der Waals surface area contributed by atoms with Crippen molar-refractivity contribution in [3.63, 3.8) is 0 Å². The van der Waals surface area contributed by atoms with Crippen molar-refractivity contribution in [2.45, 2.75) is 6.61 Å². The van der Waals surface area contributed by atoms with Gasteiger partial charge in [-0.1, -0.05) is 54.6 Å². The zero-order valence-corrected chi connectivity index (χ0v) is 18.3. The molecule has 0 aliphatic heterocycles. The molecule has 8 nitrogen and oxygen atoms in total. The fourth-order valence-electron chi connectivity index (χ4n) is 3.41. The highest BCUT2D eigenvalue weighted by atomic mass is 16.6. The van der Waals surface area contributed by atoms with Crippen LogP contribution in [0.5, 0.6) is 11.5 Å². The van der Waals surface area contributed by atoms with Gasteiger partial charge in [-0.2, -0.15) is 5.10 Å². The number of nitro benzene ring substituents is 1. The van der Waals surface area contributed by atoms with Crippen molar-refractivity contribution in [1.29, 1.82) is 0 Å². The predicted octanol–water partition coefficient (Wildman–Crippen LogP) is 5.10. The van der Waals surface area contributed by atoms with Crippen LogP contribution in [-0.2, 0) is 6.61 Å². The Hall–Kier alpha value is -4.72. The number of hydrazone groups is 1. The van der Waals surface area contributed by atoms with Gasteiger partial charge in [0.25, 0.3) is 5.91 Å². The molecule has 0 saturated carbocycles. The van der Waals surface area contributed by atoms with E-state index in [1.807, 2.05) is 54.6 Å². The highest BCUT2D eigenvalue weighted by molar-refractivity contribution is 6.02. The summed E-state index contributed by atoms with van der Waals surface area (Å²) in [6.07, 6.45) is 1.33. The highest BCUT2D eigenvalue weighted by Crippen LogP contribution is 2.28. The Morgan fingerprint density at radius 2 is 1.68 bits per heavy atom. The predicted molar refractivity (Wildman–Crippen MR) is 129 cm³/mol. The minimum absolute atomic E-state index is 0.149. The molecule has 4 aromatic rings. The van der Waals surface area contributed by atoms with Crippen molar-refractivity contribution in [2.24, 2.45) is 5.10 Å². The van der Waals surface area contributed by atoms with Crippen molar-refractivity contribution in [2.75, 3.05) is 7.11 Å². The number of benzene rings is 4. The van der Waals surface area contributed by atoms with Gasteiger partial charge in [0, 0.05) is 11.6 Å². The van der Waals surface area contributed by atoms with Gasteiger partial charge < -0.3 is 9.47 Å². The molecule has 0 unspecified atom stereocenters. The van der Waals surface area contributed by atoms with E-state index in [0.29, 0.717) is 16.9 Å². The molecule has 1 amide bonds. The van der Waals surface area contributed by atoms with Crippen LogP contribution in [0.25, 0.3) is 10.8 Å². The van der Waals surface area contributed by atoms with Gasteiger partial charge in [0.2, 0.25) is 0 Å². The Balaban J connectivity index is 1.48. The van der Waals surface area contributed by atoms with Gasteiger partial charge in [-0.15, -0.1) is 0 Å². The summed E-state index contributed by atoms with van der Waals surface area (Å²) < 4.78 is 11.0. The van der Waals surface area contributed by atoms with Crippen LogP contribution in [0, 0.1) is 10.1 Å². The van der Waals surface area contributed by atoms with Crippen LogP contribution in [0.1, 0.15) is 21.5 Å². The number of carbonyl (C=O) groups excluding carboxylic acids is 1. The van der Waals surface area contributed by atoms with Crippen LogP contribution in [0.4, 0.5) is 5.69 Å². The van der Waals surface area contributed by atoms with Crippen molar-refractivity contribution in [3.05, 3.63) is 112 Å². The fourth-order valence-corrected chi connectivity index (χ4v) is 3.41. The summed E-state index contributed by atoms with van der Waals surface area (Å²) in [6, 6.07) is 25.0. The van der Waals surface area contributed by atoms with Crippen LogP contribution in [-0.4, -0.2) is 24.2 Å². The molecule has 0 spiro atoms. The normalized spacial score (nSPS) is 10.9. The number of hydrogen-bond donors (Lipinski definition) is 1. The summed E-state index contributed by atoms with van der Waals surface area (Å²) in [5, 5.41) is 17.3. The lowest BCUT2D eigenvalue weighted by atomic mass is 10.1. The average molecular weight is 455 g/mol. The van der Waals surface area contributed by atoms with E-state index in [9.17, 15) is 14.9 Å². The maximum atomic E-state index is 12.7. The molecule has 8 heteroatoms. The smallest absolute Gasteiger partial charge is 0.311 e. The second kappa shape index (κ2) is 10.3. The molecule has 0 aromatic heterocycles. The third kappa shape index (κ3) is 5.18.